The molecule has 100 valence electrons. The molecule has 0 saturated carbocycles. The van der Waals surface area contributed by atoms with Crippen LogP contribution in [0.25, 0.3) is 0 Å². The quantitative estimate of drug-likeness (QED) is 0.634. The topological polar surface area (TPSA) is 55.2 Å². The molecule has 0 unspecified atom stereocenters. The van der Waals surface area contributed by atoms with Gasteiger partial charge in [0.05, 0.1) is 9.95 Å². The fourth-order valence-electron chi connectivity index (χ4n) is 1.92. The first-order valence-electron chi connectivity index (χ1n) is 6.12. The lowest BCUT2D eigenvalue weighted by Gasteiger charge is -2.18. The summed E-state index contributed by atoms with van der Waals surface area (Å²) in [5, 5.41) is 14.8. The zero-order chi connectivity index (χ0) is 13.9. The summed E-state index contributed by atoms with van der Waals surface area (Å²) in [5.74, 6) is 0. The lowest BCUT2D eigenvalue weighted by Crippen LogP contribution is -2.18. The Labute approximate surface area is 112 Å². The summed E-state index contributed by atoms with van der Waals surface area (Å²) < 4.78 is 0. The lowest BCUT2D eigenvalue weighted by molar-refractivity contribution is -0.384. The van der Waals surface area contributed by atoms with Crippen LogP contribution in [0.3, 0.4) is 0 Å². The zero-order valence-electron chi connectivity index (χ0n) is 11.2. The average Bonchev–Trinajstić information content (AvgIpc) is 2.31. The second-order valence-electron chi connectivity index (χ2n) is 4.44. The molecule has 1 N–H and O–H groups in total. The number of benzene rings is 1. The summed E-state index contributed by atoms with van der Waals surface area (Å²) in [6.07, 6.45) is 1.80. The van der Waals surface area contributed by atoms with E-state index in [4.69, 9.17) is 11.6 Å². The van der Waals surface area contributed by atoms with Gasteiger partial charge in [-0.1, -0.05) is 25.4 Å². The van der Waals surface area contributed by atoms with Crippen molar-refractivity contribution < 1.29 is 4.92 Å². The molecule has 0 aliphatic carbocycles. The largest absolute Gasteiger partial charge is 0.376 e. The molecule has 4 nitrogen and oxygen atoms in total. The number of halogens is 1. The third-order valence-corrected chi connectivity index (χ3v) is 3.58. The van der Waals surface area contributed by atoms with Gasteiger partial charge in [-0.25, -0.2) is 0 Å². The van der Waals surface area contributed by atoms with Crippen molar-refractivity contribution >= 4 is 23.0 Å². The molecule has 0 atom stereocenters. The van der Waals surface area contributed by atoms with E-state index in [0.29, 0.717) is 16.3 Å². The van der Waals surface area contributed by atoms with E-state index in [1.807, 2.05) is 20.8 Å². The number of nitrogens with zero attached hydrogens (tertiary/aromatic N) is 1. The first-order valence-corrected chi connectivity index (χ1v) is 6.50. The van der Waals surface area contributed by atoms with Gasteiger partial charge < -0.3 is 5.32 Å². The lowest BCUT2D eigenvalue weighted by atomic mass is 10.0. The number of aryl methyl sites for hydroxylation is 1. The second-order valence-corrected chi connectivity index (χ2v) is 4.85. The summed E-state index contributed by atoms with van der Waals surface area (Å²) in [5.41, 5.74) is 2.03. The summed E-state index contributed by atoms with van der Waals surface area (Å²) in [7, 11) is 0. The smallest absolute Gasteiger partial charge is 0.296 e. The van der Waals surface area contributed by atoms with Crippen LogP contribution in [0.2, 0.25) is 5.02 Å². The fraction of sp³-hybridized carbons (Fsp3) is 0.538. The van der Waals surface area contributed by atoms with E-state index in [1.165, 1.54) is 0 Å². The van der Waals surface area contributed by atoms with Crippen LogP contribution in [0.5, 0.6) is 0 Å². The molecule has 0 bridgehead atoms. The van der Waals surface area contributed by atoms with Crippen molar-refractivity contribution in [3.8, 4) is 0 Å². The molecule has 1 rings (SSSR count). The van der Waals surface area contributed by atoms with Crippen LogP contribution in [0, 0.1) is 24.0 Å². The number of rotatable bonds is 5. The molecular weight excluding hydrogens is 252 g/mol. The molecule has 0 heterocycles. The van der Waals surface area contributed by atoms with Crippen molar-refractivity contribution in [2.24, 2.45) is 0 Å². The number of nitrogens with one attached hydrogen (secondary N) is 1. The first-order chi connectivity index (χ1) is 8.42. The van der Waals surface area contributed by atoms with E-state index in [2.05, 4.69) is 5.32 Å². The molecule has 5 heteroatoms. The van der Waals surface area contributed by atoms with E-state index in [9.17, 15) is 10.1 Å². The summed E-state index contributed by atoms with van der Waals surface area (Å²) in [4.78, 5) is 10.8. The second kappa shape index (κ2) is 6.05. The fourth-order valence-corrected chi connectivity index (χ4v) is 2.23. The molecule has 0 saturated heterocycles. The van der Waals surface area contributed by atoms with Gasteiger partial charge in [0.25, 0.3) is 5.69 Å². The highest BCUT2D eigenvalue weighted by Crippen LogP contribution is 2.38. The van der Waals surface area contributed by atoms with E-state index in [-0.39, 0.29) is 16.7 Å². The molecule has 0 aliphatic heterocycles. The maximum Gasteiger partial charge on any atom is 0.296 e. The van der Waals surface area contributed by atoms with Gasteiger partial charge in [-0.3, -0.25) is 10.1 Å². The molecule has 0 aliphatic rings. The number of nitro benzene ring substituents is 1. The molecule has 0 radical (unpaired) electrons. The van der Waals surface area contributed by atoms with Crippen molar-refractivity contribution in [2.45, 2.75) is 46.6 Å². The Morgan fingerprint density at radius 1 is 1.39 bits per heavy atom. The number of anilines is 1. The van der Waals surface area contributed by atoms with Gasteiger partial charge in [0.1, 0.15) is 5.69 Å². The minimum absolute atomic E-state index is 0.0897. The first kappa shape index (κ1) is 14.8. The Kier molecular flexibility index (Phi) is 4.96. The van der Waals surface area contributed by atoms with Crippen LogP contribution in [-0.4, -0.2) is 11.0 Å². The molecule has 0 spiro atoms. The van der Waals surface area contributed by atoms with Crippen molar-refractivity contribution in [2.75, 3.05) is 5.32 Å². The van der Waals surface area contributed by atoms with Crippen LogP contribution in [0.1, 0.15) is 37.8 Å². The Morgan fingerprint density at radius 3 is 2.39 bits per heavy atom. The number of nitro groups is 1. The predicted octanol–water partition coefficient (Wildman–Crippen LogP) is 4.47. The van der Waals surface area contributed by atoms with Gasteiger partial charge >= 0.3 is 0 Å². The monoisotopic (exact) mass is 270 g/mol. The molecule has 0 aromatic heterocycles. The standard InChI is InChI=1S/C13H19ClN2O2/c1-5-10(6-2)15-12-11(14)7-8(3)9(4)13(12)16(17)18/h7,10,15H,5-6H2,1-4H3. The normalized spacial score (nSPS) is 10.8. The minimum Gasteiger partial charge on any atom is -0.376 e. The zero-order valence-corrected chi connectivity index (χ0v) is 12.0. The Hall–Kier alpha value is -1.29. The van der Waals surface area contributed by atoms with E-state index in [1.54, 1.807) is 13.0 Å². The van der Waals surface area contributed by atoms with Crippen molar-refractivity contribution in [1.82, 2.24) is 0 Å². The SMILES string of the molecule is CCC(CC)Nc1c(Cl)cc(C)c(C)c1[N+](=O)[O-]. The van der Waals surface area contributed by atoms with Gasteiger partial charge in [-0.2, -0.15) is 0 Å². The number of hydrogen-bond acceptors (Lipinski definition) is 3. The van der Waals surface area contributed by atoms with Gasteiger partial charge in [-0.05, 0) is 38.3 Å². The predicted molar refractivity (Wildman–Crippen MR) is 75.6 cm³/mol. The van der Waals surface area contributed by atoms with Crippen LogP contribution in [-0.2, 0) is 0 Å². The average molecular weight is 271 g/mol. The van der Waals surface area contributed by atoms with Gasteiger partial charge in [0, 0.05) is 11.6 Å². The van der Waals surface area contributed by atoms with E-state index in [0.717, 1.165) is 18.4 Å². The van der Waals surface area contributed by atoms with Crippen LogP contribution < -0.4 is 5.32 Å². The highest BCUT2D eigenvalue weighted by molar-refractivity contribution is 6.34. The highest BCUT2D eigenvalue weighted by atomic mass is 35.5. The summed E-state index contributed by atoms with van der Waals surface area (Å²) in [6.45, 7) is 7.67. The molecule has 18 heavy (non-hydrogen) atoms. The Balaban J connectivity index is 3.32. The van der Waals surface area contributed by atoms with Crippen LogP contribution in [0.15, 0.2) is 6.07 Å². The molecule has 0 amide bonds. The molecule has 1 aromatic carbocycles. The summed E-state index contributed by atoms with van der Waals surface area (Å²) >= 11 is 6.14. The van der Waals surface area contributed by atoms with Crippen LogP contribution in [0.4, 0.5) is 11.4 Å². The maximum atomic E-state index is 11.2. The molecule has 0 fully saturated rings. The molecular formula is C13H19ClN2O2. The van der Waals surface area contributed by atoms with Gasteiger partial charge in [0.2, 0.25) is 0 Å². The Morgan fingerprint density at radius 2 is 1.94 bits per heavy atom. The third-order valence-electron chi connectivity index (χ3n) is 3.28. The highest BCUT2D eigenvalue weighted by Gasteiger charge is 2.23. The van der Waals surface area contributed by atoms with Gasteiger partial charge in [0.15, 0.2) is 0 Å². The maximum absolute atomic E-state index is 11.2. The van der Waals surface area contributed by atoms with E-state index < -0.39 is 0 Å². The van der Waals surface area contributed by atoms with Crippen molar-refractivity contribution in [3.63, 3.8) is 0 Å². The van der Waals surface area contributed by atoms with Crippen molar-refractivity contribution in [1.29, 1.82) is 0 Å². The Bertz CT molecular complexity index is 457. The van der Waals surface area contributed by atoms with Crippen LogP contribution >= 0.6 is 11.6 Å². The van der Waals surface area contributed by atoms with E-state index >= 15 is 0 Å². The minimum atomic E-state index is -0.362. The third kappa shape index (κ3) is 2.93. The van der Waals surface area contributed by atoms with Gasteiger partial charge in [-0.15, -0.1) is 0 Å². The summed E-state index contributed by atoms with van der Waals surface area (Å²) in [6, 6.07) is 1.97. The van der Waals surface area contributed by atoms with Crippen molar-refractivity contribution in [3.05, 3.63) is 32.3 Å². The molecule has 1 aromatic rings. The number of hydrogen-bond donors (Lipinski definition) is 1.